The predicted molar refractivity (Wildman–Crippen MR) is 152 cm³/mol. The average Bonchev–Trinajstić information content (AvgIpc) is 2.90. The Morgan fingerprint density at radius 1 is 0.947 bits per heavy atom. The molecule has 0 radical (unpaired) electrons. The zero-order valence-corrected chi connectivity index (χ0v) is 23.7. The van der Waals surface area contributed by atoms with Gasteiger partial charge in [0.05, 0.1) is 10.6 Å². The molecular formula is C29H34ClN3O4S. The van der Waals surface area contributed by atoms with Crippen LogP contribution in [-0.4, -0.2) is 43.8 Å². The molecule has 7 nitrogen and oxygen atoms in total. The highest BCUT2D eigenvalue weighted by molar-refractivity contribution is 7.92. The number of anilines is 1. The van der Waals surface area contributed by atoms with E-state index in [0.717, 1.165) is 21.9 Å². The molecule has 202 valence electrons. The molecule has 0 saturated carbocycles. The Labute approximate surface area is 230 Å². The zero-order chi connectivity index (χ0) is 27.9. The summed E-state index contributed by atoms with van der Waals surface area (Å²) in [5.74, 6) is -0.821. The Balaban J connectivity index is 2.02. The van der Waals surface area contributed by atoms with E-state index in [1.54, 1.807) is 43.3 Å². The van der Waals surface area contributed by atoms with E-state index in [1.807, 2.05) is 45.0 Å². The second-order valence-corrected chi connectivity index (χ2v) is 11.6. The first-order valence-corrected chi connectivity index (χ1v) is 14.3. The molecule has 0 aliphatic carbocycles. The molecular weight excluding hydrogens is 522 g/mol. The van der Waals surface area contributed by atoms with Crippen molar-refractivity contribution in [2.45, 2.75) is 57.6 Å². The first kappa shape index (κ1) is 29.2. The van der Waals surface area contributed by atoms with Crippen LogP contribution in [0.5, 0.6) is 0 Å². The van der Waals surface area contributed by atoms with E-state index >= 15 is 0 Å². The number of amides is 2. The van der Waals surface area contributed by atoms with E-state index in [0.29, 0.717) is 5.02 Å². The molecule has 0 fully saturated rings. The maximum Gasteiger partial charge on any atom is 0.264 e. The molecule has 2 atom stereocenters. The summed E-state index contributed by atoms with van der Waals surface area (Å²) in [6.45, 7) is 7.09. The maximum atomic E-state index is 13.9. The van der Waals surface area contributed by atoms with Gasteiger partial charge in [-0.3, -0.25) is 13.9 Å². The van der Waals surface area contributed by atoms with Crippen LogP contribution in [0.1, 0.15) is 38.3 Å². The van der Waals surface area contributed by atoms with E-state index in [-0.39, 0.29) is 29.1 Å². The Morgan fingerprint density at radius 3 is 2.26 bits per heavy atom. The van der Waals surface area contributed by atoms with Crippen LogP contribution in [0, 0.1) is 6.92 Å². The minimum atomic E-state index is -4.12. The normalized spacial score (nSPS) is 12.9. The number of hydrogen-bond acceptors (Lipinski definition) is 4. The lowest BCUT2D eigenvalue weighted by atomic mass is 10.1. The SMILES string of the molecule is CC[C@@H](C)NC(=O)[C@@H](C)N(Cc1cccc(C)c1)C(=O)CN(c1cccc(Cl)c1)S(=O)(=O)c1ccccc1. The van der Waals surface area contributed by atoms with Crippen LogP contribution in [0.15, 0.2) is 83.8 Å². The van der Waals surface area contributed by atoms with Crippen LogP contribution in [-0.2, 0) is 26.2 Å². The lowest BCUT2D eigenvalue weighted by Gasteiger charge is -2.32. The topological polar surface area (TPSA) is 86.8 Å². The number of aryl methyl sites for hydroxylation is 1. The molecule has 0 bridgehead atoms. The zero-order valence-electron chi connectivity index (χ0n) is 22.1. The molecule has 0 aliphatic rings. The molecule has 3 aromatic carbocycles. The molecule has 0 unspecified atom stereocenters. The van der Waals surface area contributed by atoms with Gasteiger partial charge in [-0.25, -0.2) is 8.42 Å². The Bertz CT molecular complexity index is 1370. The number of carbonyl (C=O) groups excluding carboxylic acids is 2. The van der Waals surface area contributed by atoms with Gasteiger partial charge in [-0.05, 0) is 63.1 Å². The number of nitrogens with one attached hydrogen (secondary N) is 1. The predicted octanol–water partition coefficient (Wildman–Crippen LogP) is 5.18. The third-order valence-corrected chi connectivity index (χ3v) is 8.33. The number of carbonyl (C=O) groups is 2. The fraction of sp³-hybridized carbons (Fsp3) is 0.310. The van der Waals surface area contributed by atoms with Gasteiger partial charge >= 0.3 is 0 Å². The van der Waals surface area contributed by atoms with Crippen molar-refractivity contribution in [2.75, 3.05) is 10.8 Å². The molecule has 1 N–H and O–H groups in total. The summed E-state index contributed by atoms with van der Waals surface area (Å²) in [6.07, 6.45) is 0.738. The van der Waals surface area contributed by atoms with Crippen LogP contribution in [0.4, 0.5) is 5.69 Å². The second-order valence-electron chi connectivity index (χ2n) is 9.31. The molecule has 0 saturated heterocycles. The number of nitrogens with zero attached hydrogens (tertiary/aromatic N) is 2. The average molecular weight is 556 g/mol. The summed E-state index contributed by atoms with van der Waals surface area (Å²) in [6, 6.07) is 21.0. The second kappa shape index (κ2) is 12.9. The fourth-order valence-electron chi connectivity index (χ4n) is 3.94. The summed E-state index contributed by atoms with van der Waals surface area (Å²) >= 11 is 6.19. The van der Waals surface area contributed by atoms with E-state index in [9.17, 15) is 18.0 Å². The molecule has 9 heteroatoms. The summed E-state index contributed by atoms with van der Waals surface area (Å²) in [7, 11) is -4.12. The number of sulfonamides is 1. The monoisotopic (exact) mass is 555 g/mol. The van der Waals surface area contributed by atoms with E-state index < -0.39 is 28.5 Å². The highest BCUT2D eigenvalue weighted by Gasteiger charge is 2.32. The van der Waals surface area contributed by atoms with Gasteiger partial charge in [0.15, 0.2) is 0 Å². The van der Waals surface area contributed by atoms with Crippen LogP contribution in [0.3, 0.4) is 0 Å². The lowest BCUT2D eigenvalue weighted by Crippen LogP contribution is -2.52. The largest absolute Gasteiger partial charge is 0.352 e. The van der Waals surface area contributed by atoms with Crippen molar-refractivity contribution in [1.82, 2.24) is 10.2 Å². The van der Waals surface area contributed by atoms with Gasteiger partial charge in [-0.2, -0.15) is 0 Å². The van der Waals surface area contributed by atoms with Crippen LogP contribution in [0.2, 0.25) is 5.02 Å². The quantitative estimate of drug-likeness (QED) is 0.353. The van der Waals surface area contributed by atoms with Crippen LogP contribution < -0.4 is 9.62 Å². The molecule has 0 aliphatic heterocycles. The number of hydrogen-bond donors (Lipinski definition) is 1. The lowest BCUT2D eigenvalue weighted by molar-refractivity contribution is -0.139. The fourth-order valence-corrected chi connectivity index (χ4v) is 5.55. The van der Waals surface area contributed by atoms with Gasteiger partial charge in [0.2, 0.25) is 11.8 Å². The first-order chi connectivity index (χ1) is 18.0. The highest BCUT2D eigenvalue weighted by atomic mass is 35.5. The van der Waals surface area contributed by atoms with E-state index in [4.69, 9.17) is 11.6 Å². The van der Waals surface area contributed by atoms with Crippen LogP contribution in [0.25, 0.3) is 0 Å². The van der Waals surface area contributed by atoms with Crippen molar-refractivity contribution in [3.63, 3.8) is 0 Å². The smallest absolute Gasteiger partial charge is 0.264 e. The number of rotatable bonds is 11. The Morgan fingerprint density at radius 2 is 1.63 bits per heavy atom. The maximum absolute atomic E-state index is 13.9. The molecule has 0 heterocycles. The van der Waals surface area contributed by atoms with Crippen molar-refractivity contribution in [3.05, 3.63) is 95.0 Å². The Hall–Kier alpha value is -3.36. The molecule has 0 spiro atoms. The van der Waals surface area contributed by atoms with E-state index in [1.165, 1.54) is 23.1 Å². The van der Waals surface area contributed by atoms with Gasteiger partial charge in [-0.15, -0.1) is 0 Å². The summed E-state index contributed by atoms with van der Waals surface area (Å²) in [5.41, 5.74) is 2.10. The highest BCUT2D eigenvalue weighted by Crippen LogP contribution is 2.26. The molecule has 0 aromatic heterocycles. The molecule has 3 rings (SSSR count). The van der Waals surface area contributed by atoms with Crippen molar-refractivity contribution in [3.8, 4) is 0 Å². The van der Waals surface area contributed by atoms with Crippen molar-refractivity contribution < 1.29 is 18.0 Å². The van der Waals surface area contributed by atoms with Crippen molar-refractivity contribution >= 4 is 39.1 Å². The molecule has 2 amide bonds. The van der Waals surface area contributed by atoms with Gasteiger partial charge < -0.3 is 10.2 Å². The van der Waals surface area contributed by atoms with Gasteiger partial charge in [0, 0.05) is 17.6 Å². The molecule has 38 heavy (non-hydrogen) atoms. The third-order valence-electron chi connectivity index (χ3n) is 6.31. The summed E-state index contributed by atoms with van der Waals surface area (Å²) < 4.78 is 28.5. The minimum Gasteiger partial charge on any atom is -0.352 e. The molecule has 3 aromatic rings. The van der Waals surface area contributed by atoms with E-state index in [2.05, 4.69) is 5.32 Å². The third kappa shape index (κ3) is 7.36. The first-order valence-electron chi connectivity index (χ1n) is 12.5. The Kier molecular flexibility index (Phi) is 9.94. The number of halogens is 1. The van der Waals surface area contributed by atoms with Crippen molar-refractivity contribution in [1.29, 1.82) is 0 Å². The van der Waals surface area contributed by atoms with Gasteiger partial charge in [0.25, 0.3) is 10.0 Å². The number of benzene rings is 3. The van der Waals surface area contributed by atoms with Crippen LogP contribution >= 0.6 is 11.6 Å². The van der Waals surface area contributed by atoms with Crippen molar-refractivity contribution in [2.24, 2.45) is 0 Å². The van der Waals surface area contributed by atoms with Gasteiger partial charge in [-0.1, -0.05) is 72.6 Å². The van der Waals surface area contributed by atoms with Gasteiger partial charge in [0.1, 0.15) is 12.6 Å². The summed E-state index contributed by atoms with van der Waals surface area (Å²) in [4.78, 5) is 28.4. The standard InChI is InChI=1S/C29H34ClN3O4S/c1-5-22(3)31-29(35)23(4)32(19-24-12-9-11-21(2)17-24)28(34)20-33(26-14-10-13-25(30)18-26)38(36,37)27-15-7-6-8-16-27/h6-18,22-23H,5,19-20H2,1-4H3,(H,31,35)/t22-,23-/m1/s1. The summed E-state index contributed by atoms with van der Waals surface area (Å²) in [5, 5.41) is 3.26. The minimum absolute atomic E-state index is 0.0422.